The Bertz CT molecular complexity index is 984. The van der Waals surface area contributed by atoms with Crippen LogP contribution < -0.4 is 14.9 Å². The van der Waals surface area contributed by atoms with Crippen LogP contribution in [0.5, 0.6) is 0 Å². The van der Waals surface area contributed by atoms with Gasteiger partial charge in [-0.25, -0.2) is 4.39 Å². The van der Waals surface area contributed by atoms with Gasteiger partial charge in [-0.2, -0.15) is 4.73 Å². The van der Waals surface area contributed by atoms with Crippen molar-refractivity contribution in [2.24, 2.45) is 0 Å². The largest absolute Gasteiger partial charge is 0.617 e. The number of fused-ring (bicyclic) bond motifs is 1. The van der Waals surface area contributed by atoms with Gasteiger partial charge in [0.15, 0.2) is 0 Å². The van der Waals surface area contributed by atoms with Crippen molar-refractivity contribution < 1.29 is 13.9 Å². The first-order valence-corrected chi connectivity index (χ1v) is 10.5. The Morgan fingerprint density at radius 2 is 1.83 bits per heavy atom. The van der Waals surface area contributed by atoms with E-state index in [2.05, 4.69) is 15.1 Å². The van der Waals surface area contributed by atoms with Gasteiger partial charge >= 0.3 is 0 Å². The molecule has 0 saturated carbocycles. The van der Waals surface area contributed by atoms with E-state index in [9.17, 15) is 14.4 Å². The zero-order valence-corrected chi connectivity index (χ0v) is 16.8. The molecule has 1 amide bonds. The number of halogens is 1. The number of thiazole rings is 1. The lowest BCUT2D eigenvalue weighted by Gasteiger charge is -2.35. The van der Waals surface area contributed by atoms with Gasteiger partial charge in [-0.15, -0.1) is 0 Å². The number of anilines is 1. The summed E-state index contributed by atoms with van der Waals surface area (Å²) in [6.07, 6.45) is 0.521. The number of para-hydroxylation sites is 1. The Kier molecular flexibility index (Phi) is 5.92. The average Bonchev–Trinajstić information content (AvgIpc) is 3.05. The third-order valence-electron chi connectivity index (χ3n) is 5.13. The van der Waals surface area contributed by atoms with Crippen LogP contribution in [-0.4, -0.2) is 50.1 Å². The van der Waals surface area contributed by atoms with Gasteiger partial charge in [-0.1, -0.05) is 23.5 Å². The quantitative estimate of drug-likeness (QED) is 0.496. The summed E-state index contributed by atoms with van der Waals surface area (Å²) in [5.74, 6) is -0.263. The summed E-state index contributed by atoms with van der Waals surface area (Å²) in [6.45, 7) is 3.96. The fourth-order valence-corrected chi connectivity index (χ4v) is 4.59. The summed E-state index contributed by atoms with van der Waals surface area (Å²) in [5, 5.41) is 15.9. The third kappa shape index (κ3) is 4.65. The number of nitrogens with one attached hydrogen (secondary N) is 1. The number of benzene rings is 2. The highest BCUT2D eigenvalue weighted by molar-refractivity contribution is 7.18. The molecule has 29 heavy (non-hydrogen) atoms. The van der Waals surface area contributed by atoms with Crippen molar-refractivity contribution in [3.05, 3.63) is 64.6 Å². The highest BCUT2D eigenvalue weighted by Crippen LogP contribution is 2.20. The van der Waals surface area contributed by atoms with Gasteiger partial charge in [0, 0.05) is 44.5 Å². The number of amides is 1. The van der Waals surface area contributed by atoms with Gasteiger partial charge < -0.3 is 15.4 Å². The van der Waals surface area contributed by atoms with Crippen LogP contribution in [0.1, 0.15) is 5.01 Å². The highest BCUT2D eigenvalue weighted by atomic mass is 32.1. The summed E-state index contributed by atoms with van der Waals surface area (Å²) >= 11 is 1.47. The zero-order chi connectivity index (χ0) is 20.2. The smallest absolute Gasteiger partial charge is 0.251 e. The van der Waals surface area contributed by atoms with Gasteiger partial charge in [0.1, 0.15) is 10.5 Å². The molecule has 1 aliphatic heterocycles. The van der Waals surface area contributed by atoms with Crippen molar-refractivity contribution in [1.29, 1.82) is 0 Å². The molecule has 1 N–H and O–H groups in total. The van der Waals surface area contributed by atoms with Gasteiger partial charge in [-0.3, -0.25) is 9.69 Å². The second-order valence-electron chi connectivity index (χ2n) is 7.10. The van der Waals surface area contributed by atoms with Crippen LogP contribution in [0.2, 0.25) is 0 Å². The van der Waals surface area contributed by atoms with Crippen molar-refractivity contribution in [3.63, 3.8) is 0 Å². The van der Waals surface area contributed by atoms with E-state index in [1.165, 1.54) is 23.5 Å². The van der Waals surface area contributed by atoms with Gasteiger partial charge in [0.2, 0.25) is 11.4 Å². The van der Waals surface area contributed by atoms with Crippen LogP contribution in [-0.2, 0) is 11.2 Å². The fourth-order valence-electron chi connectivity index (χ4n) is 3.55. The first-order valence-electron chi connectivity index (χ1n) is 9.70. The van der Waals surface area contributed by atoms with Gasteiger partial charge in [0.05, 0.1) is 13.0 Å². The van der Waals surface area contributed by atoms with E-state index >= 15 is 0 Å². The minimum absolute atomic E-state index is 0.0289. The second kappa shape index (κ2) is 8.75. The Morgan fingerprint density at radius 3 is 2.55 bits per heavy atom. The summed E-state index contributed by atoms with van der Waals surface area (Å²) in [4.78, 5) is 16.6. The topological polar surface area (TPSA) is 62.5 Å². The fraction of sp³-hybridized carbons (Fsp3) is 0.333. The average molecular weight is 415 g/mol. The lowest BCUT2D eigenvalue weighted by atomic mass is 10.2. The molecule has 2 aromatic carbocycles. The zero-order valence-electron chi connectivity index (χ0n) is 16.0. The van der Waals surface area contributed by atoms with E-state index in [0.29, 0.717) is 30.0 Å². The summed E-state index contributed by atoms with van der Waals surface area (Å²) < 4.78 is 15.0. The number of aromatic nitrogens is 1. The minimum Gasteiger partial charge on any atom is -0.617 e. The number of carbonyl (C=O) groups is 1. The van der Waals surface area contributed by atoms with E-state index in [1.807, 2.05) is 24.3 Å². The number of hydrogen-bond acceptors (Lipinski definition) is 5. The lowest BCUT2D eigenvalue weighted by Crippen LogP contribution is -2.49. The molecule has 0 aliphatic carbocycles. The number of rotatable bonds is 6. The van der Waals surface area contributed by atoms with E-state index in [-0.39, 0.29) is 11.7 Å². The predicted molar refractivity (Wildman–Crippen MR) is 113 cm³/mol. The number of piperazine rings is 1. The molecule has 3 aromatic rings. The molecule has 0 spiro atoms. The first kappa shape index (κ1) is 19.6. The van der Waals surface area contributed by atoms with Crippen molar-refractivity contribution in [1.82, 2.24) is 10.2 Å². The van der Waals surface area contributed by atoms with E-state index in [1.54, 1.807) is 12.1 Å². The normalized spacial score (nSPS) is 15.0. The molecule has 1 saturated heterocycles. The molecule has 0 bridgehead atoms. The van der Waals surface area contributed by atoms with Crippen molar-refractivity contribution in [3.8, 4) is 0 Å². The molecular weight excluding hydrogens is 391 g/mol. The molecule has 0 radical (unpaired) electrons. The van der Waals surface area contributed by atoms with Crippen LogP contribution in [0.3, 0.4) is 0 Å². The Labute approximate surface area is 172 Å². The summed E-state index contributed by atoms with van der Waals surface area (Å²) in [5.41, 5.74) is 1.68. The second-order valence-corrected chi connectivity index (χ2v) is 8.21. The lowest BCUT2D eigenvalue weighted by molar-refractivity contribution is -0.580. The minimum atomic E-state index is -0.234. The van der Waals surface area contributed by atoms with E-state index in [4.69, 9.17) is 0 Å². The highest BCUT2D eigenvalue weighted by Gasteiger charge is 2.20. The van der Waals surface area contributed by atoms with Crippen molar-refractivity contribution in [2.45, 2.75) is 6.42 Å². The standard InChI is InChI=1S/C21H23FN4O2S/c22-16-5-7-17(8-6-16)25-13-11-24(12-14-25)15-20(27)23-10-9-21-26(28)18-3-1-2-4-19(18)29-21/h1-8H,9-15H2,(H,23,27). The maximum atomic E-state index is 13.1. The molecule has 8 heteroatoms. The van der Waals surface area contributed by atoms with Crippen molar-refractivity contribution in [2.75, 3.05) is 44.2 Å². The Morgan fingerprint density at radius 1 is 1.10 bits per heavy atom. The predicted octanol–water partition coefficient (Wildman–Crippen LogP) is 2.15. The molecule has 4 rings (SSSR count). The monoisotopic (exact) mass is 414 g/mol. The van der Waals surface area contributed by atoms with E-state index in [0.717, 1.165) is 41.3 Å². The molecule has 0 atom stereocenters. The van der Waals surface area contributed by atoms with E-state index < -0.39 is 0 Å². The molecule has 0 unspecified atom stereocenters. The van der Waals surface area contributed by atoms with Crippen LogP contribution in [0.25, 0.3) is 10.2 Å². The molecule has 1 aromatic heterocycles. The Hall–Kier alpha value is -2.71. The molecular formula is C21H23FN4O2S. The summed E-state index contributed by atoms with van der Waals surface area (Å²) in [7, 11) is 0. The SMILES string of the molecule is O=C(CN1CCN(c2ccc(F)cc2)CC1)NCCc1sc2ccccc2[n+]1[O-]. The Balaban J connectivity index is 1.21. The molecule has 6 nitrogen and oxygen atoms in total. The number of hydrogen-bond donors (Lipinski definition) is 1. The molecule has 152 valence electrons. The van der Waals surface area contributed by atoms with Crippen LogP contribution in [0.4, 0.5) is 10.1 Å². The van der Waals surface area contributed by atoms with Crippen LogP contribution in [0.15, 0.2) is 48.5 Å². The molecule has 1 aliphatic rings. The van der Waals surface area contributed by atoms with Gasteiger partial charge in [0.25, 0.3) is 5.01 Å². The number of carbonyl (C=O) groups excluding carboxylic acids is 1. The third-order valence-corrected chi connectivity index (χ3v) is 6.30. The summed E-state index contributed by atoms with van der Waals surface area (Å²) in [6, 6.07) is 14.0. The molecule has 2 heterocycles. The van der Waals surface area contributed by atoms with Gasteiger partial charge in [-0.05, 0) is 30.3 Å². The maximum absolute atomic E-state index is 13.1. The van der Waals surface area contributed by atoms with Crippen LogP contribution >= 0.6 is 11.3 Å². The molecule has 1 fully saturated rings. The van der Waals surface area contributed by atoms with Crippen LogP contribution in [0, 0.1) is 11.0 Å². The first-order chi connectivity index (χ1) is 14.1. The maximum Gasteiger partial charge on any atom is 0.251 e. The number of nitrogens with zero attached hydrogens (tertiary/aromatic N) is 3. The van der Waals surface area contributed by atoms with Crippen molar-refractivity contribution >= 4 is 33.1 Å².